The van der Waals surface area contributed by atoms with Crippen molar-refractivity contribution < 1.29 is 24.1 Å². The van der Waals surface area contributed by atoms with Crippen LogP contribution in [0, 0.1) is 20.8 Å². The fourth-order valence-electron chi connectivity index (χ4n) is 3.24. The topological polar surface area (TPSA) is 89.9 Å². The van der Waals surface area contributed by atoms with E-state index in [2.05, 4.69) is 10.3 Å². The number of thioether (sulfide) groups is 1. The first-order chi connectivity index (χ1) is 14.8. The Morgan fingerprint density at radius 3 is 2.45 bits per heavy atom. The highest BCUT2D eigenvalue weighted by molar-refractivity contribution is 7.98. The Labute approximate surface area is 188 Å². The number of hydrogen-bond acceptors (Lipinski definition) is 8. The second-order valence-electron chi connectivity index (χ2n) is 7.21. The molecule has 1 atom stereocenters. The van der Waals surface area contributed by atoms with Crippen LogP contribution in [0.5, 0.6) is 17.4 Å². The third-order valence-corrected chi connectivity index (χ3v) is 5.34. The minimum absolute atomic E-state index is 0.0597. The minimum atomic E-state index is -0.562. The molecule has 1 aromatic heterocycles. The average Bonchev–Trinajstić information content (AvgIpc) is 2.73. The van der Waals surface area contributed by atoms with Crippen molar-refractivity contribution in [1.29, 1.82) is 0 Å². The van der Waals surface area contributed by atoms with E-state index in [9.17, 15) is 9.90 Å². The van der Waals surface area contributed by atoms with Crippen molar-refractivity contribution >= 4 is 23.4 Å². The van der Waals surface area contributed by atoms with E-state index in [0.717, 1.165) is 29.1 Å². The number of aromatic nitrogens is 1. The molecule has 0 aliphatic heterocycles. The zero-order valence-corrected chi connectivity index (χ0v) is 19.9. The third kappa shape index (κ3) is 6.51. The highest BCUT2D eigenvalue weighted by Crippen LogP contribution is 2.36. The Balaban J connectivity index is 2.50. The van der Waals surface area contributed by atoms with Gasteiger partial charge in [-0.3, -0.25) is 0 Å². The molecule has 2 N–H and O–H groups in total. The predicted octanol–water partition coefficient (Wildman–Crippen LogP) is 4.51. The first kappa shape index (κ1) is 24.8. The normalized spacial score (nSPS) is 11.7. The Hall–Kier alpha value is -2.45. The summed E-state index contributed by atoms with van der Waals surface area (Å²) in [5.41, 5.74) is 3.13. The highest BCUT2D eigenvalue weighted by atomic mass is 32.2. The van der Waals surface area contributed by atoms with Crippen LogP contribution < -0.4 is 14.8 Å². The number of aliphatic hydroxyl groups excluding tert-OH is 1. The number of carbonyl (C=O) groups is 1. The number of methoxy groups -OCH3 is 1. The lowest BCUT2D eigenvalue weighted by atomic mass is 10.1. The van der Waals surface area contributed by atoms with Crippen LogP contribution in [0.4, 0.5) is 5.69 Å². The van der Waals surface area contributed by atoms with Crippen LogP contribution in [-0.2, 0) is 4.74 Å². The van der Waals surface area contributed by atoms with Gasteiger partial charge in [0.25, 0.3) is 0 Å². The maximum atomic E-state index is 12.7. The lowest BCUT2D eigenvalue weighted by molar-refractivity contribution is 0.0598. The molecule has 1 aromatic carbocycles. The second kappa shape index (κ2) is 11.8. The van der Waals surface area contributed by atoms with Crippen molar-refractivity contribution in [2.24, 2.45) is 0 Å². The molecule has 0 fully saturated rings. The summed E-state index contributed by atoms with van der Waals surface area (Å²) in [4.78, 5) is 17.2. The Morgan fingerprint density at radius 2 is 1.90 bits per heavy atom. The largest absolute Gasteiger partial charge is 0.494 e. The number of carbonyl (C=O) groups excluding carboxylic acids is 1. The summed E-state index contributed by atoms with van der Waals surface area (Å²) < 4.78 is 16.8. The van der Waals surface area contributed by atoms with Crippen molar-refractivity contribution in [1.82, 2.24) is 4.98 Å². The molecular weight excluding hydrogens is 416 g/mol. The van der Waals surface area contributed by atoms with Crippen molar-refractivity contribution in [3.63, 3.8) is 0 Å². The SMILES string of the molecule is CCOc1cc(C)c(Oc2nc(C)cc(NC(CO)CCSC)c2C(=O)OC)c(C)c1. The van der Waals surface area contributed by atoms with E-state index in [1.54, 1.807) is 17.8 Å². The average molecular weight is 449 g/mol. The summed E-state index contributed by atoms with van der Waals surface area (Å²) >= 11 is 1.70. The maximum absolute atomic E-state index is 12.7. The van der Waals surface area contributed by atoms with Gasteiger partial charge in [0.1, 0.15) is 17.1 Å². The van der Waals surface area contributed by atoms with Gasteiger partial charge in [0.05, 0.1) is 32.1 Å². The van der Waals surface area contributed by atoms with Crippen molar-refractivity contribution in [2.75, 3.05) is 37.6 Å². The maximum Gasteiger partial charge on any atom is 0.345 e. The molecular formula is C23H32N2O5S. The fraction of sp³-hybridized carbons (Fsp3) is 0.478. The summed E-state index contributed by atoms with van der Waals surface area (Å²) in [6, 6.07) is 5.34. The molecule has 1 heterocycles. The van der Waals surface area contributed by atoms with Gasteiger partial charge in [-0.05, 0) is 75.5 Å². The molecule has 0 amide bonds. The molecule has 0 saturated carbocycles. The molecule has 2 aromatic rings. The molecule has 31 heavy (non-hydrogen) atoms. The number of benzene rings is 1. The quantitative estimate of drug-likeness (QED) is 0.485. The molecule has 0 aliphatic carbocycles. The molecule has 0 radical (unpaired) electrons. The van der Waals surface area contributed by atoms with Gasteiger partial charge in [0, 0.05) is 5.69 Å². The molecule has 1 unspecified atom stereocenters. The van der Waals surface area contributed by atoms with Gasteiger partial charge in [-0.2, -0.15) is 11.8 Å². The monoisotopic (exact) mass is 448 g/mol. The first-order valence-electron chi connectivity index (χ1n) is 10.2. The minimum Gasteiger partial charge on any atom is -0.494 e. The van der Waals surface area contributed by atoms with Crippen LogP contribution in [0.3, 0.4) is 0 Å². The van der Waals surface area contributed by atoms with Crippen LogP contribution in [0.1, 0.15) is 40.5 Å². The van der Waals surface area contributed by atoms with Gasteiger partial charge in [0.2, 0.25) is 5.88 Å². The van der Waals surface area contributed by atoms with E-state index in [0.29, 0.717) is 23.7 Å². The molecule has 0 aliphatic rings. The third-order valence-electron chi connectivity index (χ3n) is 4.70. The number of hydrogen-bond donors (Lipinski definition) is 2. The van der Waals surface area contributed by atoms with Crippen molar-refractivity contribution in [2.45, 2.75) is 40.2 Å². The van der Waals surface area contributed by atoms with Crippen molar-refractivity contribution in [3.8, 4) is 17.4 Å². The summed E-state index contributed by atoms with van der Waals surface area (Å²) in [6.45, 7) is 8.11. The highest BCUT2D eigenvalue weighted by Gasteiger charge is 2.24. The number of pyridine rings is 1. The number of anilines is 1. The van der Waals surface area contributed by atoms with Crippen LogP contribution in [-0.4, -0.2) is 54.4 Å². The molecule has 0 spiro atoms. The van der Waals surface area contributed by atoms with Gasteiger partial charge in [-0.15, -0.1) is 0 Å². The Bertz CT molecular complexity index is 881. The van der Waals surface area contributed by atoms with E-state index in [4.69, 9.17) is 14.2 Å². The number of aliphatic hydroxyl groups is 1. The lowest BCUT2D eigenvalue weighted by Gasteiger charge is -2.21. The standard InChI is InChI=1S/C23H32N2O5S/c1-7-29-18-10-14(2)21(15(3)11-18)30-22-20(23(27)28-5)19(12-16(4)24-22)25-17(13-26)8-9-31-6/h10-12,17,26H,7-9,13H2,1-6H3,(H,24,25). The van der Waals surface area contributed by atoms with Crippen molar-refractivity contribution in [3.05, 3.63) is 40.6 Å². The summed E-state index contributed by atoms with van der Waals surface area (Å²) in [7, 11) is 1.32. The van der Waals surface area contributed by atoms with Gasteiger partial charge in [-0.25, -0.2) is 9.78 Å². The van der Waals surface area contributed by atoms with Crippen LogP contribution in [0.2, 0.25) is 0 Å². The number of nitrogens with one attached hydrogen (secondary N) is 1. The summed E-state index contributed by atoms with van der Waals surface area (Å²) in [6.07, 6.45) is 2.76. The van der Waals surface area contributed by atoms with Gasteiger partial charge >= 0.3 is 5.97 Å². The first-order valence-corrected chi connectivity index (χ1v) is 11.6. The summed E-state index contributed by atoms with van der Waals surface area (Å²) in [5.74, 6) is 1.85. The van der Waals surface area contributed by atoms with E-state index in [1.165, 1.54) is 7.11 Å². The number of esters is 1. The smallest absolute Gasteiger partial charge is 0.345 e. The molecule has 170 valence electrons. The number of rotatable bonds is 11. The van der Waals surface area contributed by atoms with E-state index < -0.39 is 5.97 Å². The number of ether oxygens (including phenoxy) is 3. The Kier molecular flexibility index (Phi) is 9.45. The molecule has 7 nitrogen and oxygen atoms in total. The Morgan fingerprint density at radius 1 is 1.23 bits per heavy atom. The fourth-order valence-corrected chi connectivity index (χ4v) is 3.76. The molecule has 0 bridgehead atoms. The van der Waals surface area contributed by atoms with E-state index in [-0.39, 0.29) is 24.1 Å². The van der Waals surface area contributed by atoms with E-state index >= 15 is 0 Å². The van der Waals surface area contributed by atoms with Crippen LogP contribution >= 0.6 is 11.8 Å². The molecule has 0 saturated heterocycles. The van der Waals surface area contributed by atoms with Crippen LogP contribution in [0.15, 0.2) is 18.2 Å². The number of nitrogens with zero attached hydrogens (tertiary/aromatic N) is 1. The van der Waals surface area contributed by atoms with Gasteiger partial charge in [-0.1, -0.05) is 0 Å². The van der Waals surface area contributed by atoms with Crippen LogP contribution in [0.25, 0.3) is 0 Å². The van der Waals surface area contributed by atoms with E-state index in [1.807, 2.05) is 46.1 Å². The molecule has 8 heteroatoms. The lowest BCUT2D eigenvalue weighted by Crippen LogP contribution is -2.26. The summed E-state index contributed by atoms with van der Waals surface area (Å²) in [5, 5.41) is 13.0. The number of aryl methyl sites for hydroxylation is 3. The van der Waals surface area contributed by atoms with Gasteiger partial charge < -0.3 is 24.6 Å². The van der Waals surface area contributed by atoms with Gasteiger partial charge in [0.15, 0.2) is 0 Å². The second-order valence-corrected chi connectivity index (χ2v) is 8.20. The predicted molar refractivity (Wildman–Crippen MR) is 125 cm³/mol. The zero-order chi connectivity index (χ0) is 23.0. The zero-order valence-electron chi connectivity index (χ0n) is 19.1. The molecule has 2 rings (SSSR count).